The Hall–Kier alpha value is -2.73. The second-order valence-electron chi connectivity index (χ2n) is 7.91. The minimum absolute atomic E-state index is 0.287. The van der Waals surface area contributed by atoms with Crippen molar-refractivity contribution in [3.63, 3.8) is 0 Å². The molecule has 1 aliphatic heterocycles. The number of carbonyl (C=O) groups excluding carboxylic acids is 1. The van der Waals surface area contributed by atoms with Gasteiger partial charge in [-0.3, -0.25) is 0 Å². The lowest BCUT2D eigenvalue weighted by Crippen LogP contribution is -2.46. The standard InChI is InChI=1S/C26H28O5/c1-3-28-25(27)17-20-13-15-26(16-14-20)29-18-24(30-31-26)19(2)21-9-11-23(12-10-21)22-7-5-4-6-8-22/h4-12,17,24H,2-3,13-16,18H2,1H3. The fraction of sp³-hybridized carbons (Fsp3) is 0.346. The highest BCUT2D eigenvalue weighted by Gasteiger charge is 2.42. The summed E-state index contributed by atoms with van der Waals surface area (Å²) < 4.78 is 11.1. The number of hydrogen-bond donors (Lipinski definition) is 0. The maximum Gasteiger partial charge on any atom is 0.330 e. The van der Waals surface area contributed by atoms with Gasteiger partial charge in [-0.25, -0.2) is 14.6 Å². The van der Waals surface area contributed by atoms with Crippen LogP contribution in [0, 0.1) is 0 Å². The van der Waals surface area contributed by atoms with Gasteiger partial charge in [0.05, 0.1) is 13.2 Å². The number of carbonyl (C=O) groups is 1. The van der Waals surface area contributed by atoms with Crippen molar-refractivity contribution >= 4 is 11.5 Å². The summed E-state index contributed by atoms with van der Waals surface area (Å²) in [4.78, 5) is 23.1. The molecule has 1 unspecified atom stereocenters. The van der Waals surface area contributed by atoms with Crippen LogP contribution in [0.5, 0.6) is 0 Å². The summed E-state index contributed by atoms with van der Waals surface area (Å²) in [6.07, 6.45) is 3.95. The third-order valence-corrected chi connectivity index (χ3v) is 5.83. The van der Waals surface area contributed by atoms with Crippen molar-refractivity contribution < 1.29 is 24.0 Å². The summed E-state index contributed by atoms with van der Waals surface area (Å²) in [6.45, 7) is 6.77. The highest BCUT2D eigenvalue weighted by molar-refractivity contribution is 5.82. The first kappa shape index (κ1) is 21.5. The number of ether oxygens (including phenoxy) is 2. The smallest absolute Gasteiger partial charge is 0.330 e. The molecule has 2 aromatic rings. The molecule has 5 heteroatoms. The molecule has 5 nitrogen and oxygen atoms in total. The van der Waals surface area contributed by atoms with E-state index in [2.05, 4.69) is 30.8 Å². The molecule has 1 saturated carbocycles. The number of rotatable bonds is 5. The summed E-state index contributed by atoms with van der Waals surface area (Å²) in [7, 11) is 0. The lowest BCUT2D eigenvalue weighted by Gasteiger charge is -2.41. The van der Waals surface area contributed by atoms with E-state index in [1.807, 2.05) is 30.3 Å². The molecule has 2 aromatic carbocycles. The van der Waals surface area contributed by atoms with E-state index < -0.39 is 5.79 Å². The second kappa shape index (κ2) is 9.60. The number of benzene rings is 2. The molecule has 2 fully saturated rings. The summed E-state index contributed by atoms with van der Waals surface area (Å²) in [5.41, 5.74) is 5.21. The van der Waals surface area contributed by atoms with Crippen LogP contribution in [0.4, 0.5) is 0 Å². The van der Waals surface area contributed by atoms with Crippen molar-refractivity contribution in [1.29, 1.82) is 0 Å². The molecule has 1 spiro atoms. The molecule has 1 heterocycles. The summed E-state index contributed by atoms with van der Waals surface area (Å²) in [6, 6.07) is 18.5. The summed E-state index contributed by atoms with van der Waals surface area (Å²) in [5.74, 6) is -1.04. The highest BCUT2D eigenvalue weighted by atomic mass is 17.2. The van der Waals surface area contributed by atoms with Gasteiger partial charge in [-0.15, -0.1) is 0 Å². The Morgan fingerprint density at radius 1 is 1.10 bits per heavy atom. The molecule has 0 bridgehead atoms. The van der Waals surface area contributed by atoms with Crippen LogP contribution in [-0.4, -0.2) is 31.1 Å². The van der Waals surface area contributed by atoms with E-state index in [1.165, 1.54) is 5.56 Å². The van der Waals surface area contributed by atoms with Gasteiger partial charge >= 0.3 is 5.97 Å². The van der Waals surface area contributed by atoms with Crippen molar-refractivity contribution in [3.05, 3.63) is 78.4 Å². The molecular formula is C26H28O5. The molecule has 2 aliphatic rings. The number of allylic oxidation sites excluding steroid dienone is 1. The van der Waals surface area contributed by atoms with E-state index in [0.29, 0.717) is 38.9 Å². The molecule has 0 N–H and O–H groups in total. The Bertz CT molecular complexity index is 926. The SMILES string of the molecule is C=C(c1ccc(-c2ccccc2)cc1)C1COC2(CCC(=CC(=O)OCC)CC2)OO1. The van der Waals surface area contributed by atoms with E-state index in [-0.39, 0.29) is 12.1 Å². The average Bonchev–Trinajstić information content (AvgIpc) is 2.82. The van der Waals surface area contributed by atoms with Gasteiger partial charge in [0.15, 0.2) is 0 Å². The molecule has 4 rings (SSSR count). The minimum Gasteiger partial charge on any atom is -0.463 e. The second-order valence-corrected chi connectivity index (χ2v) is 7.91. The topological polar surface area (TPSA) is 54.0 Å². The van der Waals surface area contributed by atoms with Crippen molar-refractivity contribution in [2.75, 3.05) is 13.2 Å². The van der Waals surface area contributed by atoms with Gasteiger partial charge in [-0.2, -0.15) is 0 Å². The zero-order chi connectivity index (χ0) is 21.7. The molecule has 1 saturated heterocycles. The Kier molecular flexibility index (Phi) is 6.66. The van der Waals surface area contributed by atoms with Crippen LogP contribution in [0.25, 0.3) is 16.7 Å². The molecule has 0 aromatic heterocycles. The first-order chi connectivity index (χ1) is 15.1. The van der Waals surface area contributed by atoms with Crippen molar-refractivity contribution in [3.8, 4) is 11.1 Å². The molecule has 1 aliphatic carbocycles. The summed E-state index contributed by atoms with van der Waals surface area (Å²) in [5, 5.41) is 0. The predicted octanol–water partition coefficient (Wildman–Crippen LogP) is 5.47. The maximum absolute atomic E-state index is 11.6. The van der Waals surface area contributed by atoms with Crippen LogP contribution in [0.3, 0.4) is 0 Å². The van der Waals surface area contributed by atoms with Gasteiger partial charge < -0.3 is 9.47 Å². The summed E-state index contributed by atoms with van der Waals surface area (Å²) >= 11 is 0. The van der Waals surface area contributed by atoms with Crippen LogP contribution >= 0.6 is 0 Å². The molecule has 162 valence electrons. The van der Waals surface area contributed by atoms with Crippen molar-refractivity contribution in [2.45, 2.75) is 44.5 Å². The van der Waals surface area contributed by atoms with Gasteiger partial charge in [0, 0.05) is 18.9 Å². The zero-order valence-corrected chi connectivity index (χ0v) is 17.8. The maximum atomic E-state index is 11.6. The fourth-order valence-electron chi connectivity index (χ4n) is 3.95. The fourth-order valence-corrected chi connectivity index (χ4v) is 3.95. The van der Waals surface area contributed by atoms with Gasteiger partial charge in [-0.05, 0) is 42.0 Å². The van der Waals surface area contributed by atoms with Gasteiger partial charge in [-0.1, -0.05) is 66.7 Å². The van der Waals surface area contributed by atoms with E-state index in [0.717, 1.165) is 22.3 Å². The third-order valence-electron chi connectivity index (χ3n) is 5.83. The molecule has 31 heavy (non-hydrogen) atoms. The monoisotopic (exact) mass is 420 g/mol. The van der Waals surface area contributed by atoms with Crippen LogP contribution in [0.2, 0.25) is 0 Å². The normalized spacial score (nSPS) is 23.4. The predicted molar refractivity (Wildman–Crippen MR) is 119 cm³/mol. The number of hydrogen-bond acceptors (Lipinski definition) is 5. The van der Waals surface area contributed by atoms with Gasteiger partial charge in [0.25, 0.3) is 0 Å². The molecular weight excluding hydrogens is 392 g/mol. The lowest BCUT2D eigenvalue weighted by atomic mass is 9.89. The van der Waals surface area contributed by atoms with Crippen LogP contribution in [0.15, 0.2) is 72.8 Å². The molecule has 0 radical (unpaired) electrons. The van der Waals surface area contributed by atoms with Crippen LogP contribution in [0.1, 0.15) is 38.2 Å². The van der Waals surface area contributed by atoms with Crippen molar-refractivity contribution in [1.82, 2.24) is 0 Å². The van der Waals surface area contributed by atoms with E-state index >= 15 is 0 Å². The first-order valence-electron chi connectivity index (χ1n) is 10.8. The Labute approximate surface area is 183 Å². The van der Waals surface area contributed by atoms with Crippen LogP contribution in [-0.2, 0) is 24.0 Å². The third kappa shape index (κ3) is 5.13. The van der Waals surface area contributed by atoms with E-state index in [9.17, 15) is 4.79 Å². The quantitative estimate of drug-likeness (QED) is 0.365. The first-order valence-corrected chi connectivity index (χ1v) is 10.8. The number of esters is 1. The van der Waals surface area contributed by atoms with Gasteiger partial charge in [0.1, 0.15) is 6.10 Å². The Balaban J connectivity index is 1.32. The van der Waals surface area contributed by atoms with Crippen LogP contribution < -0.4 is 0 Å². The lowest BCUT2D eigenvalue weighted by molar-refractivity contribution is -0.482. The van der Waals surface area contributed by atoms with E-state index in [4.69, 9.17) is 19.2 Å². The van der Waals surface area contributed by atoms with Crippen molar-refractivity contribution in [2.24, 2.45) is 0 Å². The molecule has 1 atom stereocenters. The average molecular weight is 421 g/mol. The Morgan fingerprint density at radius 3 is 2.39 bits per heavy atom. The highest BCUT2D eigenvalue weighted by Crippen LogP contribution is 2.39. The zero-order valence-electron chi connectivity index (χ0n) is 17.8. The van der Waals surface area contributed by atoms with Gasteiger partial charge in [0.2, 0.25) is 5.79 Å². The largest absolute Gasteiger partial charge is 0.463 e. The van der Waals surface area contributed by atoms with E-state index in [1.54, 1.807) is 13.0 Å². The Morgan fingerprint density at radius 2 is 1.77 bits per heavy atom. The minimum atomic E-state index is -0.750. The molecule has 0 amide bonds.